The van der Waals surface area contributed by atoms with E-state index >= 15 is 0 Å². The number of thiophene rings is 1. The van der Waals surface area contributed by atoms with Gasteiger partial charge in [0.1, 0.15) is 23.0 Å². The summed E-state index contributed by atoms with van der Waals surface area (Å²) >= 11 is 1.33. The van der Waals surface area contributed by atoms with Gasteiger partial charge >= 0.3 is 0 Å². The number of carbonyl (C=O) groups excluding carboxylic acids is 2. The molecule has 3 nitrogen and oxygen atoms in total. The van der Waals surface area contributed by atoms with Crippen LogP contribution in [-0.4, -0.2) is 11.6 Å². The summed E-state index contributed by atoms with van der Waals surface area (Å²) in [5.41, 5.74) is 0.314. The van der Waals surface area contributed by atoms with Gasteiger partial charge in [0, 0.05) is 16.5 Å². The Bertz CT molecular complexity index is 1240. The maximum absolute atomic E-state index is 14.0. The molecule has 0 unspecified atom stereocenters. The Hall–Kier alpha value is -3.38. The molecule has 5 rings (SSSR count). The van der Waals surface area contributed by atoms with Gasteiger partial charge in [-0.15, -0.1) is 11.3 Å². The predicted octanol–water partition coefficient (Wildman–Crippen LogP) is 5.90. The molecule has 0 N–H and O–H groups in total. The molecule has 0 amide bonds. The molecule has 0 saturated carbocycles. The Morgan fingerprint density at radius 2 is 1.50 bits per heavy atom. The zero-order valence-electron chi connectivity index (χ0n) is 14.2. The number of benzene rings is 2. The Balaban J connectivity index is 1.55. The number of halogens is 2. The molecule has 0 atom stereocenters. The lowest BCUT2D eigenvalue weighted by atomic mass is 10.1. The minimum Gasteiger partial charge on any atom is -0.455 e. The Kier molecular flexibility index (Phi) is 3.64. The van der Waals surface area contributed by atoms with E-state index in [9.17, 15) is 18.4 Å². The third-order valence-electron chi connectivity index (χ3n) is 4.62. The van der Waals surface area contributed by atoms with Crippen molar-refractivity contribution in [2.75, 3.05) is 0 Å². The first-order chi connectivity index (χ1) is 13.5. The molecule has 2 aromatic carbocycles. The number of rotatable bonds is 2. The van der Waals surface area contributed by atoms with E-state index in [1.165, 1.54) is 17.4 Å². The maximum atomic E-state index is 14.0. The number of carbonyl (C=O) groups is 2. The molecule has 1 aliphatic carbocycles. The van der Waals surface area contributed by atoms with Crippen molar-refractivity contribution < 1.29 is 22.8 Å². The van der Waals surface area contributed by atoms with Crippen molar-refractivity contribution in [3.05, 3.63) is 87.8 Å². The van der Waals surface area contributed by atoms with E-state index in [0.717, 1.165) is 22.4 Å². The first-order valence-electron chi connectivity index (χ1n) is 8.41. The molecule has 28 heavy (non-hydrogen) atoms. The summed E-state index contributed by atoms with van der Waals surface area (Å²) in [5.74, 6) is -2.68. The van der Waals surface area contributed by atoms with Crippen molar-refractivity contribution in [1.29, 1.82) is 0 Å². The van der Waals surface area contributed by atoms with Gasteiger partial charge in [0.2, 0.25) is 11.6 Å². The number of hydrogen-bond donors (Lipinski definition) is 0. The molecule has 0 saturated heterocycles. The van der Waals surface area contributed by atoms with E-state index in [1.807, 2.05) is 36.4 Å². The summed E-state index contributed by atoms with van der Waals surface area (Å²) in [4.78, 5) is 25.5. The summed E-state index contributed by atoms with van der Waals surface area (Å²) < 4.78 is 34.6. The minimum atomic E-state index is -0.898. The number of ketones is 2. The monoisotopic (exact) mass is 392 g/mol. The summed E-state index contributed by atoms with van der Waals surface area (Å²) in [7, 11) is 0. The lowest BCUT2D eigenvalue weighted by molar-refractivity contribution is 0.0989. The fourth-order valence-corrected chi connectivity index (χ4v) is 4.28. The van der Waals surface area contributed by atoms with Crippen molar-refractivity contribution in [3.8, 4) is 11.3 Å². The molecule has 2 heterocycles. The van der Waals surface area contributed by atoms with Crippen molar-refractivity contribution in [2.24, 2.45) is 0 Å². The van der Waals surface area contributed by atoms with Gasteiger partial charge < -0.3 is 4.42 Å². The van der Waals surface area contributed by atoms with Crippen LogP contribution >= 0.6 is 11.3 Å². The molecule has 0 bridgehead atoms. The van der Waals surface area contributed by atoms with Crippen LogP contribution in [0.2, 0.25) is 0 Å². The summed E-state index contributed by atoms with van der Waals surface area (Å²) in [6, 6.07) is 14.9. The molecule has 0 fully saturated rings. The van der Waals surface area contributed by atoms with Crippen LogP contribution in [0.15, 0.2) is 64.6 Å². The number of Topliss-reactive ketones (excluding diaryl/α,β-unsaturated/α-hetero) is 2. The lowest BCUT2D eigenvalue weighted by Crippen LogP contribution is -2.00. The van der Waals surface area contributed by atoms with E-state index in [4.69, 9.17) is 4.42 Å². The van der Waals surface area contributed by atoms with Crippen molar-refractivity contribution in [3.63, 3.8) is 0 Å². The van der Waals surface area contributed by atoms with Crippen molar-refractivity contribution in [2.45, 2.75) is 0 Å². The molecule has 0 aliphatic heterocycles. The van der Waals surface area contributed by atoms with Gasteiger partial charge in [0.15, 0.2) is 0 Å². The van der Waals surface area contributed by atoms with Crippen molar-refractivity contribution in [1.82, 2.24) is 0 Å². The van der Waals surface area contributed by atoms with Gasteiger partial charge in [-0.2, -0.15) is 0 Å². The molecule has 0 radical (unpaired) electrons. The highest BCUT2D eigenvalue weighted by Gasteiger charge is 2.38. The zero-order valence-corrected chi connectivity index (χ0v) is 15.0. The van der Waals surface area contributed by atoms with Crippen LogP contribution in [0, 0.1) is 11.6 Å². The summed E-state index contributed by atoms with van der Waals surface area (Å²) in [6.07, 6.45) is 1.37. The molecule has 6 heteroatoms. The van der Waals surface area contributed by atoms with E-state index in [0.29, 0.717) is 16.2 Å². The molecular weight excluding hydrogens is 382 g/mol. The standard InChI is InChI=1S/C22H10F2O3S/c23-14-6-7-15(24)20-19(14)21(25)13(22(20)26)8-12-9-17-18(28-12)10-16(27-17)11-4-2-1-3-5-11/h1-10H. The van der Waals surface area contributed by atoms with Gasteiger partial charge in [-0.05, 0) is 24.3 Å². The Morgan fingerprint density at radius 3 is 2.11 bits per heavy atom. The summed E-state index contributed by atoms with van der Waals surface area (Å²) in [6.45, 7) is 0. The van der Waals surface area contributed by atoms with Gasteiger partial charge in [0.25, 0.3) is 0 Å². The Labute approximate surface area is 161 Å². The number of fused-ring (bicyclic) bond motifs is 2. The SMILES string of the molecule is O=C1C(=Cc2cc3oc(-c4ccccc4)cc3s2)C(=O)c2c(F)ccc(F)c21. The highest BCUT2D eigenvalue weighted by atomic mass is 32.1. The van der Waals surface area contributed by atoms with E-state index in [-0.39, 0.29) is 5.57 Å². The van der Waals surface area contributed by atoms with E-state index < -0.39 is 34.3 Å². The average molecular weight is 392 g/mol. The summed E-state index contributed by atoms with van der Waals surface area (Å²) in [5, 5.41) is 0. The highest BCUT2D eigenvalue weighted by molar-refractivity contribution is 7.19. The van der Waals surface area contributed by atoms with Gasteiger partial charge in [-0.3, -0.25) is 9.59 Å². The van der Waals surface area contributed by atoms with Crippen LogP contribution in [0.1, 0.15) is 25.6 Å². The second-order valence-electron chi connectivity index (χ2n) is 6.35. The van der Waals surface area contributed by atoms with Gasteiger partial charge in [0.05, 0.1) is 21.4 Å². The van der Waals surface area contributed by atoms with Crippen LogP contribution in [0.5, 0.6) is 0 Å². The van der Waals surface area contributed by atoms with E-state index in [1.54, 1.807) is 6.07 Å². The first kappa shape index (κ1) is 16.8. The maximum Gasteiger partial charge on any atom is 0.200 e. The largest absolute Gasteiger partial charge is 0.455 e. The fourth-order valence-electron chi connectivity index (χ4n) is 3.31. The molecule has 0 spiro atoms. The topological polar surface area (TPSA) is 47.3 Å². The predicted molar refractivity (Wildman–Crippen MR) is 103 cm³/mol. The quantitative estimate of drug-likeness (QED) is 0.315. The highest BCUT2D eigenvalue weighted by Crippen LogP contribution is 2.36. The van der Waals surface area contributed by atoms with Crippen LogP contribution in [0.3, 0.4) is 0 Å². The molecule has 2 aromatic heterocycles. The third kappa shape index (κ3) is 2.46. The fraction of sp³-hybridized carbons (Fsp3) is 0. The van der Waals surface area contributed by atoms with Gasteiger partial charge in [-0.1, -0.05) is 30.3 Å². The second-order valence-corrected chi connectivity index (χ2v) is 7.46. The van der Waals surface area contributed by atoms with Gasteiger partial charge in [-0.25, -0.2) is 8.78 Å². The number of hydrogen-bond acceptors (Lipinski definition) is 4. The molecular formula is C22H10F2O3S. The van der Waals surface area contributed by atoms with Crippen LogP contribution in [-0.2, 0) is 0 Å². The average Bonchev–Trinajstić information content (AvgIpc) is 3.32. The normalized spacial score (nSPS) is 13.4. The van der Waals surface area contributed by atoms with Crippen LogP contribution < -0.4 is 0 Å². The lowest BCUT2D eigenvalue weighted by Gasteiger charge is -1.97. The molecule has 1 aliphatic rings. The number of allylic oxidation sites excluding steroid dienone is 1. The second kappa shape index (κ2) is 6.07. The molecule has 4 aromatic rings. The third-order valence-corrected chi connectivity index (χ3v) is 5.63. The minimum absolute atomic E-state index is 0.244. The molecule has 136 valence electrons. The number of furan rings is 1. The van der Waals surface area contributed by atoms with E-state index in [2.05, 4.69) is 0 Å². The smallest absolute Gasteiger partial charge is 0.200 e. The zero-order chi connectivity index (χ0) is 19.4. The Morgan fingerprint density at radius 1 is 0.857 bits per heavy atom. The van der Waals surface area contributed by atoms with Crippen LogP contribution in [0.4, 0.5) is 8.78 Å². The van der Waals surface area contributed by atoms with Crippen LogP contribution in [0.25, 0.3) is 27.7 Å². The van der Waals surface area contributed by atoms with Crippen molar-refractivity contribution >= 4 is 39.3 Å². The first-order valence-corrected chi connectivity index (χ1v) is 9.22.